The van der Waals surface area contributed by atoms with E-state index >= 15 is 0 Å². The van der Waals surface area contributed by atoms with Gasteiger partial charge in [0.25, 0.3) is 0 Å². The van der Waals surface area contributed by atoms with Crippen molar-refractivity contribution in [3.8, 4) is 28.3 Å². The van der Waals surface area contributed by atoms with Crippen LogP contribution in [0.1, 0.15) is 75.3 Å². The van der Waals surface area contributed by atoms with Crippen LogP contribution < -0.4 is 4.74 Å². The number of nitrogens with zero attached hydrogens (tertiary/aromatic N) is 3. The van der Waals surface area contributed by atoms with Crippen molar-refractivity contribution in [3.63, 3.8) is 0 Å². The molecule has 0 saturated heterocycles. The molecule has 0 amide bonds. The van der Waals surface area contributed by atoms with E-state index in [4.69, 9.17) is 19.5 Å². The molecule has 2 aromatic heterocycles. The summed E-state index contributed by atoms with van der Waals surface area (Å²) >= 11 is 0. The van der Waals surface area contributed by atoms with Gasteiger partial charge in [-0.25, -0.2) is 9.98 Å². The van der Waals surface area contributed by atoms with E-state index in [2.05, 4.69) is 199 Å². The summed E-state index contributed by atoms with van der Waals surface area (Å²) in [6.07, 6.45) is 1.87. The molecule has 9 rings (SSSR count). The number of pyridine rings is 1. The largest absolute Gasteiger partial charge is 0.469 e. The third-order valence-electron chi connectivity index (χ3n) is 11.9. The van der Waals surface area contributed by atoms with Crippen LogP contribution in [0.2, 0.25) is 0 Å². The zero-order valence-corrected chi connectivity index (χ0v) is 34.3. The van der Waals surface area contributed by atoms with Gasteiger partial charge in [-0.3, -0.25) is 4.57 Å². The first-order valence-corrected chi connectivity index (χ1v) is 20.2. The van der Waals surface area contributed by atoms with Crippen molar-refractivity contribution in [1.82, 2.24) is 9.55 Å². The van der Waals surface area contributed by atoms with Crippen molar-refractivity contribution in [2.24, 2.45) is 4.99 Å². The van der Waals surface area contributed by atoms with Gasteiger partial charge in [0.05, 0.1) is 11.2 Å². The van der Waals surface area contributed by atoms with E-state index in [-0.39, 0.29) is 11.3 Å². The smallest absolute Gasteiger partial charge is 0.217 e. The second-order valence-corrected chi connectivity index (χ2v) is 17.3. The fourth-order valence-corrected chi connectivity index (χ4v) is 8.52. The van der Waals surface area contributed by atoms with Gasteiger partial charge in [-0.1, -0.05) is 123 Å². The Hall–Kier alpha value is -6.46. The Morgan fingerprint density at radius 3 is 1.93 bits per heavy atom. The van der Waals surface area contributed by atoms with Crippen molar-refractivity contribution in [2.45, 2.75) is 70.9 Å². The molecule has 0 N–H and O–H groups in total. The lowest BCUT2D eigenvalue weighted by Gasteiger charge is -2.41. The quantitative estimate of drug-likeness (QED) is 0.155. The SMILES string of the molecule is Cc1ccc2c(c1)c1cccnc1n2-c1cc(Oc2cc(C3=N[C@](C)(C(c4ccccc4)c4ccccc4)C(C)(C)O3)cc(-c3ccccc3)c2)cc(C(C)(C)C)c1. The number of fused-ring (bicyclic) bond motifs is 3. The number of rotatable bonds is 8. The molecule has 0 saturated carbocycles. The number of aryl methyl sites for hydroxylation is 1. The van der Waals surface area contributed by atoms with Crippen molar-refractivity contribution >= 4 is 27.8 Å². The lowest BCUT2D eigenvalue weighted by atomic mass is 9.69. The second-order valence-electron chi connectivity index (χ2n) is 17.3. The number of benzene rings is 6. The lowest BCUT2D eigenvalue weighted by Crippen LogP contribution is -2.49. The van der Waals surface area contributed by atoms with Gasteiger partial charge in [0.1, 0.15) is 28.3 Å². The summed E-state index contributed by atoms with van der Waals surface area (Å²) in [7, 11) is 0. The summed E-state index contributed by atoms with van der Waals surface area (Å²) in [5.41, 5.74) is 9.32. The molecule has 5 nitrogen and oxygen atoms in total. The minimum atomic E-state index is -0.646. The zero-order valence-electron chi connectivity index (χ0n) is 34.3. The van der Waals surface area contributed by atoms with Crippen LogP contribution in [0.25, 0.3) is 38.8 Å². The molecule has 58 heavy (non-hydrogen) atoms. The molecule has 1 aliphatic rings. The highest BCUT2D eigenvalue weighted by Crippen LogP contribution is 2.50. The van der Waals surface area contributed by atoms with E-state index in [9.17, 15) is 0 Å². The zero-order chi connectivity index (χ0) is 40.2. The Morgan fingerprint density at radius 2 is 1.26 bits per heavy atom. The molecule has 1 atom stereocenters. The first kappa shape index (κ1) is 37.1. The highest BCUT2D eigenvalue weighted by Gasteiger charge is 2.55. The Kier molecular flexibility index (Phi) is 9.08. The minimum Gasteiger partial charge on any atom is -0.469 e. The molecule has 0 unspecified atom stereocenters. The molecule has 6 aromatic carbocycles. The molecule has 1 aliphatic heterocycles. The molecule has 288 valence electrons. The monoisotopic (exact) mass is 759 g/mol. The number of hydrogen-bond donors (Lipinski definition) is 0. The first-order chi connectivity index (χ1) is 27.9. The van der Waals surface area contributed by atoms with E-state index in [1.165, 1.54) is 22.1 Å². The van der Waals surface area contributed by atoms with E-state index in [0.29, 0.717) is 11.6 Å². The Labute approximate surface area is 341 Å². The van der Waals surface area contributed by atoms with Gasteiger partial charge < -0.3 is 9.47 Å². The minimum absolute atomic E-state index is 0.0479. The van der Waals surface area contributed by atoms with E-state index in [0.717, 1.165) is 50.2 Å². The van der Waals surface area contributed by atoms with Crippen LogP contribution in [0.15, 0.2) is 169 Å². The summed E-state index contributed by atoms with van der Waals surface area (Å²) in [6.45, 7) is 15.4. The average molecular weight is 760 g/mol. The Balaban J connectivity index is 1.19. The van der Waals surface area contributed by atoms with E-state index < -0.39 is 11.1 Å². The van der Waals surface area contributed by atoms with Crippen LogP contribution in [0.5, 0.6) is 11.5 Å². The normalized spacial score (nSPS) is 16.4. The summed E-state index contributed by atoms with van der Waals surface area (Å²) in [6, 6.07) is 55.5. The van der Waals surface area contributed by atoms with Crippen LogP contribution in [-0.4, -0.2) is 26.6 Å². The number of ether oxygens (including phenoxy) is 2. The maximum absolute atomic E-state index is 7.00. The molecule has 0 fully saturated rings. The highest BCUT2D eigenvalue weighted by atomic mass is 16.5. The molecule has 3 heterocycles. The van der Waals surface area contributed by atoms with Crippen LogP contribution >= 0.6 is 0 Å². The predicted octanol–water partition coefficient (Wildman–Crippen LogP) is 13.4. The molecule has 0 aliphatic carbocycles. The lowest BCUT2D eigenvalue weighted by molar-refractivity contribution is 0.0453. The molecule has 0 bridgehead atoms. The number of aromatic nitrogens is 2. The third-order valence-corrected chi connectivity index (χ3v) is 11.9. The van der Waals surface area contributed by atoms with Gasteiger partial charge in [-0.2, -0.15) is 0 Å². The third kappa shape index (κ3) is 6.64. The maximum Gasteiger partial charge on any atom is 0.217 e. The molecule has 0 spiro atoms. The van der Waals surface area contributed by atoms with E-state index in [1.54, 1.807) is 0 Å². The van der Waals surface area contributed by atoms with Gasteiger partial charge in [0, 0.05) is 34.5 Å². The van der Waals surface area contributed by atoms with Gasteiger partial charge >= 0.3 is 0 Å². The van der Waals surface area contributed by atoms with Crippen LogP contribution in [0, 0.1) is 6.92 Å². The fraction of sp³-hybridized carbons (Fsp3) is 0.208. The van der Waals surface area contributed by atoms with Crippen molar-refractivity contribution < 1.29 is 9.47 Å². The van der Waals surface area contributed by atoms with Crippen LogP contribution in [0.4, 0.5) is 0 Å². The Morgan fingerprint density at radius 1 is 0.621 bits per heavy atom. The summed E-state index contributed by atoms with van der Waals surface area (Å²) in [5, 5.41) is 2.31. The first-order valence-electron chi connectivity index (χ1n) is 20.2. The standard InChI is InChI=1S/C53H49N3O2/c1-35-25-26-47-46(28-35)45-24-17-27-54-49(45)56(47)42-32-41(51(2,3)4)33-44(34-42)57-43-30-39(36-18-11-8-12-19-36)29-40(31-43)50-55-53(7,52(5,6)58-50)48(37-20-13-9-14-21-37)38-22-15-10-16-23-38/h8-34,48H,1-7H3/t53-/m1/s1. The van der Waals surface area contributed by atoms with Crippen LogP contribution in [0.3, 0.4) is 0 Å². The fourth-order valence-electron chi connectivity index (χ4n) is 8.52. The molecular formula is C53H49N3O2. The summed E-state index contributed by atoms with van der Waals surface area (Å²) in [5.74, 6) is 1.99. The van der Waals surface area contributed by atoms with Gasteiger partial charge in [-0.15, -0.1) is 0 Å². The van der Waals surface area contributed by atoms with Gasteiger partial charge in [-0.05, 0) is 116 Å². The van der Waals surface area contributed by atoms with Crippen molar-refractivity contribution in [3.05, 3.63) is 192 Å². The number of aliphatic imine (C=N–C) groups is 1. The topological polar surface area (TPSA) is 48.6 Å². The van der Waals surface area contributed by atoms with Crippen molar-refractivity contribution in [2.75, 3.05) is 0 Å². The molecule has 0 radical (unpaired) electrons. The highest BCUT2D eigenvalue weighted by molar-refractivity contribution is 6.08. The predicted molar refractivity (Wildman–Crippen MR) is 239 cm³/mol. The average Bonchev–Trinajstić information content (AvgIpc) is 3.67. The maximum atomic E-state index is 7.00. The van der Waals surface area contributed by atoms with Crippen molar-refractivity contribution in [1.29, 1.82) is 0 Å². The number of hydrogen-bond acceptors (Lipinski definition) is 4. The Bertz CT molecular complexity index is 2780. The molecule has 8 aromatic rings. The van der Waals surface area contributed by atoms with Gasteiger partial charge in [0.15, 0.2) is 0 Å². The molecule has 5 heteroatoms. The van der Waals surface area contributed by atoms with Crippen LogP contribution in [-0.2, 0) is 10.2 Å². The second kappa shape index (κ2) is 14.2. The van der Waals surface area contributed by atoms with E-state index in [1.807, 2.05) is 18.3 Å². The molecular weight excluding hydrogens is 711 g/mol. The summed E-state index contributed by atoms with van der Waals surface area (Å²) in [4.78, 5) is 10.5. The van der Waals surface area contributed by atoms with Gasteiger partial charge in [0.2, 0.25) is 5.90 Å². The summed E-state index contributed by atoms with van der Waals surface area (Å²) < 4.78 is 16.2.